The summed E-state index contributed by atoms with van der Waals surface area (Å²) in [5.74, 6) is 0. The van der Waals surface area contributed by atoms with Crippen molar-refractivity contribution >= 4 is 11.4 Å². The lowest BCUT2D eigenvalue weighted by molar-refractivity contribution is 0.185. The van der Waals surface area contributed by atoms with Gasteiger partial charge in [0.1, 0.15) is 0 Å². The molecule has 2 aliphatic heterocycles. The summed E-state index contributed by atoms with van der Waals surface area (Å²) in [6, 6.07) is 7.16. The molecular formula is C17H27N3O2. The minimum Gasteiger partial charge on any atom is -0.391 e. The highest BCUT2D eigenvalue weighted by atomic mass is 16.5. The molecule has 0 amide bonds. The Kier molecular flexibility index (Phi) is 4.86. The van der Waals surface area contributed by atoms with Crippen molar-refractivity contribution in [1.29, 1.82) is 0 Å². The first-order valence-electron chi connectivity index (χ1n) is 8.21. The van der Waals surface area contributed by atoms with Crippen molar-refractivity contribution in [2.75, 3.05) is 49.6 Å². The van der Waals surface area contributed by atoms with Crippen molar-refractivity contribution in [1.82, 2.24) is 5.32 Å². The van der Waals surface area contributed by atoms with E-state index >= 15 is 0 Å². The van der Waals surface area contributed by atoms with E-state index in [1.54, 1.807) is 7.11 Å². The van der Waals surface area contributed by atoms with E-state index in [4.69, 9.17) is 4.74 Å². The molecular weight excluding hydrogens is 278 g/mol. The van der Waals surface area contributed by atoms with Gasteiger partial charge in [-0.1, -0.05) is 0 Å². The highest BCUT2D eigenvalue weighted by Crippen LogP contribution is 2.30. The number of nitrogens with zero attached hydrogens (tertiary/aromatic N) is 2. The molecule has 0 radical (unpaired) electrons. The van der Waals surface area contributed by atoms with Crippen molar-refractivity contribution < 1.29 is 9.84 Å². The standard InChI is InChI=1S/C17H27N3O2/c1-13-10-18-6-8-20(13)15-3-4-17(14(9-15)12-22-2)19-7-5-16(21)11-19/h3-4,9,13,16,18,21H,5-8,10-12H2,1-2H3/t13-,16+/m1/s1. The number of nitrogens with one attached hydrogen (secondary N) is 1. The molecule has 22 heavy (non-hydrogen) atoms. The van der Waals surface area contributed by atoms with Crippen LogP contribution >= 0.6 is 0 Å². The monoisotopic (exact) mass is 305 g/mol. The van der Waals surface area contributed by atoms with Gasteiger partial charge in [-0.15, -0.1) is 0 Å². The van der Waals surface area contributed by atoms with Crippen LogP contribution in [0.5, 0.6) is 0 Å². The number of rotatable bonds is 4. The minimum atomic E-state index is -0.205. The van der Waals surface area contributed by atoms with Gasteiger partial charge in [0, 0.05) is 62.8 Å². The van der Waals surface area contributed by atoms with Crippen LogP contribution in [-0.4, -0.2) is 57.1 Å². The molecule has 0 aliphatic carbocycles. The summed E-state index contributed by atoms with van der Waals surface area (Å²) < 4.78 is 5.40. The van der Waals surface area contributed by atoms with E-state index in [1.165, 1.54) is 16.9 Å². The fraction of sp³-hybridized carbons (Fsp3) is 0.647. The van der Waals surface area contributed by atoms with E-state index in [-0.39, 0.29) is 6.10 Å². The van der Waals surface area contributed by atoms with Crippen molar-refractivity contribution in [2.24, 2.45) is 0 Å². The lowest BCUT2D eigenvalue weighted by Gasteiger charge is -2.36. The molecule has 0 bridgehead atoms. The summed E-state index contributed by atoms with van der Waals surface area (Å²) in [6.07, 6.45) is 0.645. The molecule has 122 valence electrons. The molecule has 1 aromatic rings. The van der Waals surface area contributed by atoms with Crippen LogP contribution in [0, 0.1) is 0 Å². The third-order valence-corrected chi connectivity index (χ3v) is 4.70. The van der Waals surface area contributed by atoms with Crippen molar-refractivity contribution in [2.45, 2.75) is 32.1 Å². The molecule has 0 unspecified atom stereocenters. The third kappa shape index (κ3) is 3.21. The molecule has 1 aromatic carbocycles. The Morgan fingerprint density at radius 3 is 2.91 bits per heavy atom. The van der Waals surface area contributed by atoms with Gasteiger partial charge >= 0.3 is 0 Å². The number of aliphatic hydroxyl groups is 1. The number of β-amino-alcohol motifs (C(OH)–C–C–N with tert-alkyl or cyclic N) is 1. The van der Waals surface area contributed by atoms with Gasteiger partial charge in [0.05, 0.1) is 12.7 Å². The van der Waals surface area contributed by atoms with E-state index in [0.717, 1.165) is 39.1 Å². The highest BCUT2D eigenvalue weighted by molar-refractivity contribution is 5.63. The number of anilines is 2. The Balaban J connectivity index is 1.86. The van der Waals surface area contributed by atoms with Gasteiger partial charge in [0.25, 0.3) is 0 Å². The molecule has 2 heterocycles. The van der Waals surface area contributed by atoms with Crippen LogP contribution in [0.1, 0.15) is 18.9 Å². The summed E-state index contributed by atoms with van der Waals surface area (Å²) in [4.78, 5) is 4.72. The zero-order chi connectivity index (χ0) is 15.5. The quantitative estimate of drug-likeness (QED) is 0.875. The topological polar surface area (TPSA) is 48.0 Å². The van der Waals surface area contributed by atoms with Crippen LogP contribution in [0.15, 0.2) is 18.2 Å². The number of hydrogen-bond acceptors (Lipinski definition) is 5. The van der Waals surface area contributed by atoms with Crippen molar-refractivity contribution in [3.63, 3.8) is 0 Å². The number of methoxy groups -OCH3 is 1. The number of piperazine rings is 1. The van der Waals surface area contributed by atoms with Gasteiger partial charge in [-0.05, 0) is 31.5 Å². The summed E-state index contributed by atoms with van der Waals surface area (Å²) in [6.45, 7) is 7.60. The zero-order valence-corrected chi connectivity index (χ0v) is 13.6. The summed E-state index contributed by atoms with van der Waals surface area (Å²) in [7, 11) is 1.74. The fourth-order valence-corrected chi connectivity index (χ4v) is 3.52. The third-order valence-electron chi connectivity index (χ3n) is 4.70. The molecule has 2 aliphatic rings. The first-order valence-corrected chi connectivity index (χ1v) is 8.21. The molecule has 2 N–H and O–H groups in total. The predicted molar refractivity (Wildman–Crippen MR) is 89.7 cm³/mol. The number of aliphatic hydroxyl groups excluding tert-OH is 1. The van der Waals surface area contributed by atoms with Crippen LogP contribution in [-0.2, 0) is 11.3 Å². The normalized spacial score (nSPS) is 25.8. The predicted octanol–water partition coefficient (Wildman–Crippen LogP) is 1.20. The van der Waals surface area contributed by atoms with E-state index in [2.05, 4.69) is 40.2 Å². The van der Waals surface area contributed by atoms with Gasteiger partial charge < -0.3 is 25.0 Å². The Morgan fingerprint density at radius 2 is 2.23 bits per heavy atom. The maximum Gasteiger partial charge on any atom is 0.0734 e. The van der Waals surface area contributed by atoms with Crippen molar-refractivity contribution in [3.8, 4) is 0 Å². The van der Waals surface area contributed by atoms with E-state index < -0.39 is 0 Å². The number of benzene rings is 1. The number of ether oxygens (including phenoxy) is 1. The first kappa shape index (κ1) is 15.6. The smallest absolute Gasteiger partial charge is 0.0734 e. The largest absolute Gasteiger partial charge is 0.391 e. The SMILES string of the molecule is COCc1cc(N2CCNC[C@H]2C)ccc1N1CC[C@H](O)C1. The van der Waals surface area contributed by atoms with Gasteiger partial charge in [0.15, 0.2) is 0 Å². The fourth-order valence-electron chi connectivity index (χ4n) is 3.52. The summed E-state index contributed by atoms with van der Waals surface area (Å²) in [5, 5.41) is 13.2. The van der Waals surface area contributed by atoms with Crippen LogP contribution in [0.4, 0.5) is 11.4 Å². The van der Waals surface area contributed by atoms with Gasteiger partial charge in [-0.25, -0.2) is 0 Å². The van der Waals surface area contributed by atoms with E-state index in [0.29, 0.717) is 12.6 Å². The summed E-state index contributed by atoms with van der Waals surface area (Å²) >= 11 is 0. The number of hydrogen-bond donors (Lipinski definition) is 2. The first-order chi connectivity index (χ1) is 10.7. The van der Waals surface area contributed by atoms with Gasteiger partial charge in [-0.2, -0.15) is 0 Å². The Bertz CT molecular complexity index is 509. The van der Waals surface area contributed by atoms with Gasteiger partial charge in [0.2, 0.25) is 0 Å². The Labute approximate surface area is 132 Å². The maximum absolute atomic E-state index is 9.79. The van der Waals surface area contributed by atoms with Crippen LogP contribution < -0.4 is 15.1 Å². The lowest BCUT2D eigenvalue weighted by atomic mass is 10.1. The van der Waals surface area contributed by atoms with Gasteiger partial charge in [-0.3, -0.25) is 0 Å². The Morgan fingerprint density at radius 1 is 1.36 bits per heavy atom. The molecule has 0 aromatic heterocycles. The molecule has 2 fully saturated rings. The highest BCUT2D eigenvalue weighted by Gasteiger charge is 2.24. The molecule has 3 rings (SSSR count). The van der Waals surface area contributed by atoms with E-state index in [9.17, 15) is 5.11 Å². The van der Waals surface area contributed by atoms with Crippen LogP contribution in [0.25, 0.3) is 0 Å². The zero-order valence-electron chi connectivity index (χ0n) is 13.6. The molecule has 0 saturated carbocycles. The molecule has 5 nitrogen and oxygen atoms in total. The molecule has 2 saturated heterocycles. The average Bonchev–Trinajstić information content (AvgIpc) is 2.94. The van der Waals surface area contributed by atoms with Crippen molar-refractivity contribution in [3.05, 3.63) is 23.8 Å². The second kappa shape index (κ2) is 6.86. The maximum atomic E-state index is 9.79. The molecule has 5 heteroatoms. The molecule has 2 atom stereocenters. The minimum absolute atomic E-state index is 0.205. The van der Waals surface area contributed by atoms with Crippen LogP contribution in [0.2, 0.25) is 0 Å². The summed E-state index contributed by atoms with van der Waals surface area (Å²) in [5.41, 5.74) is 3.68. The lowest BCUT2D eigenvalue weighted by Crippen LogP contribution is -2.49. The average molecular weight is 305 g/mol. The molecule has 0 spiro atoms. The van der Waals surface area contributed by atoms with E-state index in [1.807, 2.05) is 0 Å². The second-order valence-electron chi connectivity index (χ2n) is 6.38. The second-order valence-corrected chi connectivity index (χ2v) is 6.38. The Hall–Kier alpha value is -1.30. The van der Waals surface area contributed by atoms with Crippen LogP contribution in [0.3, 0.4) is 0 Å².